The fraction of sp³-hybridized carbons (Fsp3) is 0.421. The van der Waals surface area contributed by atoms with E-state index in [0.717, 1.165) is 12.8 Å². The third-order valence-electron chi connectivity index (χ3n) is 4.82. The van der Waals surface area contributed by atoms with Gasteiger partial charge < -0.3 is 15.2 Å². The number of nitrogens with one attached hydrogen (secondary N) is 1. The Kier molecular flexibility index (Phi) is 4.72. The summed E-state index contributed by atoms with van der Waals surface area (Å²) in [6.45, 7) is 1.75. The Labute approximate surface area is 145 Å². The first kappa shape index (κ1) is 17.4. The molecule has 0 spiro atoms. The highest BCUT2D eigenvalue weighted by molar-refractivity contribution is 6.17. The van der Waals surface area contributed by atoms with E-state index in [4.69, 9.17) is 4.74 Å². The molecule has 1 aromatic rings. The van der Waals surface area contributed by atoms with Crippen LogP contribution in [0.2, 0.25) is 0 Å². The van der Waals surface area contributed by atoms with Gasteiger partial charge in [0.1, 0.15) is 11.4 Å². The van der Waals surface area contributed by atoms with Crippen LogP contribution in [0.5, 0.6) is 0 Å². The highest BCUT2D eigenvalue weighted by atomic mass is 16.5. The van der Waals surface area contributed by atoms with Gasteiger partial charge >= 0.3 is 5.97 Å². The van der Waals surface area contributed by atoms with E-state index < -0.39 is 23.4 Å². The van der Waals surface area contributed by atoms with E-state index in [9.17, 15) is 19.5 Å². The van der Waals surface area contributed by atoms with Crippen molar-refractivity contribution >= 4 is 23.4 Å². The predicted octanol–water partition coefficient (Wildman–Crippen LogP) is 1.58. The van der Waals surface area contributed by atoms with E-state index in [0.29, 0.717) is 18.4 Å². The van der Waals surface area contributed by atoms with Crippen molar-refractivity contribution in [3.63, 3.8) is 0 Å². The maximum atomic E-state index is 12.7. The Morgan fingerprint density at radius 1 is 1.28 bits per heavy atom. The summed E-state index contributed by atoms with van der Waals surface area (Å²) in [7, 11) is 0. The zero-order valence-corrected chi connectivity index (χ0v) is 14.1. The summed E-state index contributed by atoms with van der Waals surface area (Å²) in [6, 6.07) is 8.79. The third-order valence-corrected chi connectivity index (χ3v) is 4.82. The van der Waals surface area contributed by atoms with Gasteiger partial charge in [0.2, 0.25) is 0 Å². The lowest BCUT2D eigenvalue weighted by Gasteiger charge is -2.33. The monoisotopic (exact) mass is 343 g/mol. The molecule has 2 atom stereocenters. The SMILES string of the molecule is CCOC(=O)C1=C(c2ccccc2)NC(=O)[C@]1(O)[C@@H]1CCCCC1=O. The summed E-state index contributed by atoms with van der Waals surface area (Å²) >= 11 is 0. The molecule has 0 aromatic heterocycles. The third kappa shape index (κ3) is 2.87. The number of amides is 1. The van der Waals surface area contributed by atoms with Gasteiger partial charge in [0, 0.05) is 6.42 Å². The van der Waals surface area contributed by atoms with Crippen molar-refractivity contribution in [2.24, 2.45) is 5.92 Å². The minimum atomic E-state index is -2.19. The minimum absolute atomic E-state index is 0.104. The number of aliphatic hydroxyl groups is 1. The number of hydrogen-bond acceptors (Lipinski definition) is 5. The first-order valence-corrected chi connectivity index (χ1v) is 8.54. The average molecular weight is 343 g/mol. The molecule has 1 saturated carbocycles. The number of esters is 1. The van der Waals surface area contributed by atoms with E-state index in [1.165, 1.54) is 0 Å². The van der Waals surface area contributed by atoms with Gasteiger partial charge in [-0.3, -0.25) is 9.59 Å². The lowest BCUT2D eigenvalue weighted by atomic mass is 9.72. The summed E-state index contributed by atoms with van der Waals surface area (Å²) < 4.78 is 5.09. The lowest BCUT2D eigenvalue weighted by molar-refractivity contribution is -0.153. The van der Waals surface area contributed by atoms with Gasteiger partial charge in [0.25, 0.3) is 5.91 Å². The van der Waals surface area contributed by atoms with Crippen molar-refractivity contribution in [1.29, 1.82) is 0 Å². The second-order valence-electron chi connectivity index (χ2n) is 6.32. The van der Waals surface area contributed by atoms with Crippen LogP contribution in [0.25, 0.3) is 5.70 Å². The summed E-state index contributed by atoms with van der Waals surface area (Å²) in [5.41, 5.74) is -1.55. The smallest absolute Gasteiger partial charge is 0.339 e. The molecular weight excluding hydrogens is 322 g/mol. The number of rotatable bonds is 4. The van der Waals surface area contributed by atoms with Crippen molar-refractivity contribution in [1.82, 2.24) is 5.32 Å². The van der Waals surface area contributed by atoms with Crippen molar-refractivity contribution in [2.45, 2.75) is 38.2 Å². The van der Waals surface area contributed by atoms with E-state index in [2.05, 4.69) is 5.32 Å². The molecule has 1 aliphatic carbocycles. The molecule has 0 unspecified atom stereocenters. The zero-order chi connectivity index (χ0) is 18.0. The van der Waals surface area contributed by atoms with Gasteiger partial charge in [0.05, 0.1) is 18.2 Å². The molecule has 1 heterocycles. The Morgan fingerprint density at radius 3 is 2.64 bits per heavy atom. The van der Waals surface area contributed by atoms with Gasteiger partial charge in [-0.1, -0.05) is 36.8 Å². The van der Waals surface area contributed by atoms with Crippen LogP contribution in [0.4, 0.5) is 0 Å². The fourth-order valence-electron chi connectivity index (χ4n) is 3.61. The first-order valence-electron chi connectivity index (χ1n) is 8.54. The summed E-state index contributed by atoms with van der Waals surface area (Å²) in [6.07, 6.45) is 2.13. The number of carbonyl (C=O) groups excluding carboxylic acids is 3. The topological polar surface area (TPSA) is 92.7 Å². The van der Waals surface area contributed by atoms with Crippen LogP contribution < -0.4 is 5.32 Å². The molecule has 1 amide bonds. The summed E-state index contributed by atoms with van der Waals surface area (Å²) in [5, 5.41) is 13.9. The number of hydrogen-bond donors (Lipinski definition) is 2. The maximum Gasteiger partial charge on any atom is 0.339 e. The number of ketones is 1. The highest BCUT2D eigenvalue weighted by Crippen LogP contribution is 2.42. The molecule has 1 aromatic carbocycles. The molecule has 0 saturated heterocycles. The van der Waals surface area contributed by atoms with Crippen molar-refractivity contribution < 1.29 is 24.2 Å². The van der Waals surface area contributed by atoms with E-state index in [1.807, 2.05) is 6.07 Å². The second-order valence-corrected chi connectivity index (χ2v) is 6.32. The highest BCUT2D eigenvalue weighted by Gasteiger charge is 2.58. The predicted molar refractivity (Wildman–Crippen MR) is 90.1 cm³/mol. The first-order chi connectivity index (χ1) is 12.0. The van der Waals surface area contributed by atoms with Gasteiger partial charge in [-0.2, -0.15) is 0 Å². The molecule has 1 fully saturated rings. The largest absolute Gasteiger partial charge is 0.462 e. The van der Waals surface area contributed by atoms with Crippen LogP contribution in [0, 0.1) is 5.92 Å². The number of Topliss-reactive ketones (excluding diaryl/α,β-unsaturated/α-hetero) is 1. The van der Waals surface area contributed by atoms with E-state index in [1.54, 1.807) is 31.2 Å². The van der Waals surface area contributed by atoms with Crippen molar-refractivity contribution in [3.05, 3.63) is 41.5 Å². The lowest BCUT2D eigenvalue weighted by Crippen LogP contribution is -2.53. The zero-order valence-electron chi connectivity index (χ0n) is 14.1. The quantitative estimate of drug-likeness (QED) is 0.810. The molecule has 6 heteroatoms. The van der Waals surface area contributed by atoms with Crippen LogP contribution >= 0.6 is 0 Å². The molecule has 3 rings (SSSR count). The average Bonchev–Trinajstić information content (AvgIpc) is 2.88. The minimum Gasteiger partial charge on any atom is -0.462 e. The Morgan fingerprint density at radius 2 is 2.00 bits per heavy atom. The van der Waals surface area contributed by atoms with Crippen LogP contribution in [-0.2, 0) is 19.1 Å². The summed E-state index contributed by atoms with van der Waals surface area (Å²) in [4.78, 5) is 37.7. The van der Waals surface area contributed by atoms with Crippen molar-refractivity contribution in [2.75, 3.05) is 6.61 Å². The number of benzene rings is 1. The van der Waals surface area contributed by atoms with Gasteiger partial charge in [-0.25, -0.2) is 4.79 Å². The Hall–Kier alpha value is -2.47. The Balaban J connectivity index is 2.15. The fourth-order valence-corrected chi connectivity index (χ4v) is 3.61. The van der Waals surface area contributed by atoms with Crippen LogP contribution in [0.3, 0.4) is 0 Å². The van der Waals surface area contributed by atoms with Crippen LogP contribution in [0.15, 0.2) is 35.9 Å². The van der Waals surface area contributed by atoms with E-state index in [-0.39, 0.29) is 23.7 Å². The number of ether oxygens (including phenoxy) is 1. The molecule has 1 aliphatic heterocycles. The standard InChI is InChI=1S/C19H21NO5/c1-2-25-17(22)15-16(12-8-4-3-5-9-12)20-18(23)19(15,24)13-10-6-7-11-14(13)21/h3-5,8-9,13,24H,2,6-7,10-11H2,1H3,(H,20,23)/t13-,19+/m1/s1. The molecule has 6 nitrogen and oxygen atoms in total. The second kappa shape index (κ2) is 6.80. The molecule has 0 radical (unpaired) electrons. The maximum absolute atomic E-state index is 12.7. The van der Waals surface area contributed by atoms with E-state index >= 15 is 0 Å². The van der Waals surface area contributed by atoms with Gasteiger partial charge in [0.15, 0.2) is 5.60 Å². The van der Waals surface area contributed by atoms with Gasteiger partial charge in [-0.05, 0) is 25.3 Å². The molecular formula is C19H21NO5. The van der Waals surface area contributed by atoms with Crippen molar-refractivity contribution in [3.8, 4) is 0 Å². The molecule has 25 heavy (non-hydrogen) atoms. The van der Waals surface area contributed by atoms with Crippen LogP contribution in [0.1, 0.15) is 38.2 Å². The molecule has 0 bridgehead atoms. The van der Waals surface area contributed by atoms with Gasteiger partial charge in [-0.15, -0.1) is 0 Å². The Bertz CT molecular complexity index is 739. The molecule has 2 N–H and O–H groups in total. The van der Waals surface area contributed by atoms with Crippen LogP contribution in [-0.4, -0.2) is 35.0 Å². The normalized spacial score (nSPS) is 26.6. The summed E-state index contributed by atoms with van der Waals surface area (Å²) in [5.74, 6) is -2.64. The molecule has 2 aliphatic rings. The number of carbonyl (C=O) groups is 3. The molecule has 132 valence electrons.